The van der Waals surface area contributed by atoms with Crippen LogP contribution in [0.1, 0.15) is 67.8 Å². The molecule has 3 aromatic rings. The Bertz CT molecular complexity index is 1270. The highest BCUT2D eigenvalue weighted by Crippen LogP contribution is 2.35. The maximum Gasteiger partial charge on any atom is 0.248 e. The molecular formula is C25H30N8O2. The first kappa shape index (κ1) is 21.8. The Hall–Kier alpha value is -3.69. The molecule has 0 spiro atoms. The molecule has 6 rings (SSSR count). The standard InChI is InChI=1S/C25H30N8O2/c34-22-11-10-16(14-26-22)27-24(35)20-9-4-12-33(20)25-28-18-8-3-7-17(18)23(30-25)29-21-13-19(31-32-21)15-5-1-2-6-15/h10-11,13-15,20H,1-9,12H2,(H,26,34)(H,27,35)(H2,28,29,30,31,32)/t20-/m1/s1. The lowest BCUT2D eigenvalue weighted by atomic mass is 10.0. The third kappa shape index (κ3) is 4.40. The second kappa shape index (κ2) is 9.16. The summed E-state index contributed by atoms with van der Waals surface area (Å²) in [4.78, 5) is 38.8. The number of amides is 1. The van der Waals surface area contributed by atoms with E-state index < -0.39 is 0 Å². The van der Waals surface area contributed by atoms with Gasteiger partial charge >= 0.3 is 0 Å². The number of nitrogens with one attached hydrogen (secondary N) is 4. The number of hydrogen-bond acceptors (Lipinski definition) is 7. The van der Waals surface area contributed by atoms with Crippen LogP contribution in [0.3, 0.4) is 0 Å². The van der Waals surface area contributed by atoms with Gasteiger partial charge in [0.2, 0.25) is 17.4 Å². The van der Waals surface area contributed by atoms with E-state index in [9.17, 15) is 9.59 Å². The van der Waals surface area contributed by atoms with Crippen molar-refractivity contribution in [3.8, 4) is 0 Å². The van der Waals surface area contributed by atoms with Crippen molar-refractivity contribution in [2.45, 2.75) is 69.7 Å². The SMILES string of the molecule is O=C(Nc1ccc(=O)[nH]c1)[C@H]1CCCN1c1nc2c(c(Nc3cc(C4CCCC4)[nH]n3)n1)CCC2. The van der Waals surface area contributed by atoms with Crippen LogP contribution in [0.4, 0.5) is 23.3 Å². The maximum absolute atomic E-state index is 13.1. The lowest BCUT2D eigenvalue weighted by Gasteiger charge is -2.25. The van der Waals surface area contributed by atoms with E-state index in [0.29, 0.717) is 17.6 Å². The van der Waals surface area contributed by atoms with Gasteiger partial charge in [-0.1, -0.05) is 12.8 Å². The van der Waals surface area contributed by atoms with E-state index >= 15 is 0 Å². The van der Waals surface area contributed by atoms with Crippen molar-refractivity contribution >= 4 is 29.2 Å². The molecule has 10 heteroatoms. The lowest BCUT2D eigenvalue weighted by molar-refractivity contribution is -0.117. The van der Waals surface area contributed by atoms with Crippen molar-refractivity contribution in [3.63, 3.8) is 0 Å². The normalized spacial score (nSPS) is 19.8. The second-order valence-electron chi connectivity index (χ2n) is 9.75. The smallest absolute Gasteiger partial charge is 0.248 e. The van der Waals surface area contributed by atoms with Crippen molar-refractivity contribution in [2.24, 2.45) is 0 Å². The van der Waals surface area contributed by atoms with Crippen LogP contribution in [0.25, 0.3) is 0 Å². The summed E-state index contributed by atoms with van der Waals surface area (Å²) < 4.78 is 0. The third-order valence-corrected chi connectivity index (χ3v) is 7.42. The molecule has 35 heavy (non-hydrogen) atoms. The summed E-state index contributed by atoms with van der Waals surface area (Å²) in [6, 6.07) is 4.74. The monoisotopic (exact) mass is 474 g/mol. The number of pyridine rings is 1. The summed E-state index contributed by atoms with van der Waals surface area (Å²) in [6.45, 7) is 0.718. The molecule has 1 saturated heterocycles. The van der Waals surface area contributed by atoms with Crippen molar-refractivity contribution in [1.29, 1.82) is 0 Å². The van der Waals surface area contributed by atoms with E-state index in [-0.39, 0.29) is 17.5 Å². The second-order valence-corrected chi connectivity index (χ2v) is 9.75. The number of carbonyl (C=O) groups is 1. The fourth-order valence-electron chi connectivity index (χ4n) is 5.61. The molecule has 0 bridgehead atoms. The minimum absolute atomic E-state index is 0.123. The van der Waals surface area contributed by atoms with Gasteiger partial charge in [0.15, 0.2) is 5.82 Å². The molecule has 4 N–H and O–H groups in total. The van der Waals surface area contributed by atoms with E-state index in [1.807, 2.05) is 4.90 Å². The number of nitrogens with zero attached hydrogens (tertiary/aromatic N) is 4. The molecule has 10 nitrogen and oxygen atoms in total. The number of aryl methyl sites for hydroxylation is 1. The van der Waals surface area contributed by atoms with Gasteiger partial charge in [0.1, 0.15) is 11.9 Å². The summed E-state index contributed by atoms with van der Waals surface area (Å²) in [5, 5.41) is 14.1. The van der Waals surface area contributed by atoms with Crippen LogP contribution in [0.15, 0.2) is 29.2 Å². The minimum Gasteiger partial charge on any atom is -0.329 e. The first-order valence-corrected chi connectivity index (χ1v) is 12.6. The number of aromatic nitrogens is 5. The molecule has 4 heterocycles. The molecule has 1 amide bonds. The van der Waals surface area contributed by atoms with Crippen molar-refractivity contribution < 1.29 is 4.79 Å². The summed E-state index contributed by atoms with van der Waals surface area (Å²) in [5.41, 5.74) is 3.75. The molecule has 3 aliphatic rings. The zero-order valence-corrected chi connectivity index (χ0v) is 19.6. The van der Waals surface area contributed by atoms with Crippen LogP contribution >= 0.6 is 0 Å². The van der Waals surface area contributed by atoms with Crippen molar-refractivity contribution in [3.05, 3.63) is 51.7 Å². The highest BCUT2D eigenvalue weighted by Gasteiger charge is 2.34. The van der Waals surface area contributed by atoms with Crippen LogP contribution in [-0.2, 0) is 17.6 Å². The first-order valence-electron chi connectivity index (χ1n) is 12.6. The fourth-order valence-corrected chi connectivity index (χ4v) is 5.61. The minimum atomic E-state index is -0.367. The Morgan fingerprint density at radius 3 is 2.77 bits per heavy atom. The molecule has 1 aliphatic heterocycles. The average molecular weight is 475 g/mol. The molecule has 2 fully saturated rings. The number of carbonyl (C=O) groups excluding carboxylic acids is 1. The first-order chi connectivity index (χ1) is 17.1. The maximum atomic E-state index is 13.1. The van der Waals surface area contributed by atoms with Crippen LogP contribution in [0, 0.1) is 0 Å². The summed E-state index contributed by atoms with van der Waals surface area (Å²) in [5.74, 6) is 2.59. The molecule has 1 saturated carbocycles. The van der Waals surface area contributed by atoms with E-state index in [1.54, 1.807) is 6.07 Å². The number of H-pyrrole nitrogens is 2. The molecule has 182 valence electrons. The van der Waals surface area contributed by atoms with Gasteiger partial charge in [0.25, 0.3) is 0 Å². The van der Waals surface area contributed by atoms with Gasteiger partial charge in [-0.2, -0.15) is 10.1 Å². The third-order valence-electron chi connectivity index (χ3n) is 7.42. The van der Waals surface area contributed by atoms with Gasteiger partial charge < -0.3 is 20.5 Å². The number of fused-ring (bicyclic) bond motifs is 1. The quantitative estimate of drug-likeness (QED) is 0.431. The van der Waals surface area contributed by atoms with Crippen LogP contribution in [0.5, 0.6) is 0 Å². The fraction of sp³-hybridized carbons (Fsp3) is 0.480. The topological polar surface area (TPSA) is 132 Å². The molecule has 0 aromatic carbocycles. The average Bonchev–Trinajstić information content (AvgIpc) is 3.67. The van der Waals surface area contributed by atoms with Gasteiger partial charge in [0, 0.05) is 42.0 Å². The number of anilines is 4. The zero-order valence-electron chi connectivity index (χ0n) is 19.6. The van der Waals surface area contributed by atoms with E-state index in [4.69, 9.17) is 9.97 Å². The number of hydrogen-bond donors (Lipinski definition) is 4. The molecular weight excluding hydrogens is 444 g/mol. The van der Waals surface area contributed by atoms with Gasteiger partial charge in [0.05, 0.1) is 11.4 Å². The van der Waals surface area contributed by atoms with Crippen LogP contribution in [-0.4, -0.2) is 43.6 Å². The van der Waals surface area contributed by atoms with E-state index in [2.05, 4.69) is 31.9 Å². The van der Waals surface area contributed by atoms with Gasteiger partial charge in [-0.3, -0.25) is 14.7 Å². The molecule has 1 atom stereocenters. The van der Waals surface area contributed by atoms with Gasteiger partial charge in [-0.15, -0.1) is 0 Å². The summed E-state index contributed by atoms with van der Waals surface area (Å²) in [7, 11) is 0. The molecule has 0 radical (unpaired) electrons. The summed E-state index contributed by atoms with van der Waals surface area (Å²) >= 11 is 0. The Kier molecular flexibility index (Phi) is 5.71. The zero-order chi connectivity index (χ0) is 23.8. The molecule has 0 unspecified atom stereocenters. The Labute approximate surface area is 203 Å². The predicted octanol–water partition coefficient (Wildman–Crippen LogP) is 3.39. The largest absolute Gasteiger partial charge is 0.329 e. The molecule has 2 aliphatic carbocycles. The van der Waals surface area contributed by atoms with Gasteiger partial charge in [-0.05, 0) is 51.0 Å². The van der Waals surface area contributed by atoms with E-state index in [0.717, 1.165) is 61.5 Å². The Morgan fingerprint density at radius 1 is 1.06 bits per heavy atom. The van der Waals surface area contributed by atoms with Crippen LogP contribution in [0.2, 0.25) is 0 Å². The Balaban J connectivity index is 1.24. The van der Waals surface area contributed by atoms with Crippen molar-refractivity contribution in [2.75, 3.05) is 22.1 Å². The predicted molar refractivity (Wildman–Crippen MR) is 133 cm³/mol. The Morgan fingerprint density at radius 2 is 1.94 bits per heavy atom. The number of rotatable bonds is 6. The number of aromatic amines is 2. The highest BCUT2D eigenvalue weighted by molar-refractivity contribution is 5.96. The molecule has 3 aromatic heterocycles. The summed E-state index contributed by atoms with van der Waals surface area (Å²) in [6.07, 6.45) is 11.0. The highest BCUT2D eigenvalue weighted by atomic mass is 16.2. The van der Waals surface area contributed by atoms with E-state index in [1.165, 1.54) is 43.6 Å². The van der Waals surface area contributed by atoms with Crippen molar-refractivity contribution in [1.82, 2.24) is 25.1 Å². The lowest BCUT2D eigenvalue weighted by Crippen LogP contribution is -2.40. The van der Waals surface area contributed by atoms with Gasteiger partial charge in [-0.25, -0.2) is 4.98 Å². The van der Waals surface area contributed by atoms with Crippen LogP contribution < -0.4 is 21.1 Å².